The highest BCUT2D eigenvalue weighted by Crippen LogP contribution is 2.36. The number of aromatic nitrogens is 1. The van der Waals surface area contributed by atoms with Gasteiger partial charge in [0.05, 0.1) is 6.04 Å². The van der Waals surface area contributed by atoms with E-state index < -0.39 is 0 Å². The third-order valence-corrected chi connectivity index (χ3v) is 8.04. The molecule has 0 aliphatic heterocycles. The lowest BCUT2D eigenvalue weighted by Crippen LogP contribution is -2.31. The Kier molecular flexibility index (Phi) is 8.28. The molecule has 208 valence electrons. The maximum atomic E-state index is 14.0. The minimum absolute atomic E-state index is 0.0474. The van der Waals surface area contributed by atoms with Gasteiger partial charge in [0, 0.05) is 36.0 Å². The molecule has 0 radical (unpaired) electrons. The topological polar surface area (TPSA) is 34.0 Å². The first-order chi connectivity index (χ1) is 20.6. The van der Waals surface area contributed by atoms with Gasteiger partial charge in [0.25, 0.3) is 0 Å². The van der Waals surface area contributed by atoms with Gasteiger partial charge in [0.2, 0.25) is 5.91 Å². The molecule has 0 aliphatic rings. The lowest BCUT2D eigenvalue weighted by atomic mass is 9.87. The molecule has 0 spiro atoms. The van der Waals surface area contributed by atoms with Crippen LogP contribution >= 0.6 is 0 Å². The first-order valence-electron chi connectivity index (χ1n) is 14.7. The Morgan fingerprint density at radius 1 is 0.690 bits per heavy atom. The van der Waals surface area contributed by atoms with Gasteiger partial charge in [-0.1, -0.05) is 139 Å². The third kappa shape index (κ3) is 6.37. The van der Waals surface area contributed by atoms with Crippen molar-refractivity contribution in [2.75, 3.05) is 0 Å². The molecule has 2 atom stereocenters. The summed E-state index contributed by atoms with van der Waals surface area (Å²) in [5.41, 5.74) is 8.28. The van der Waals surface area contributed by atoms with Crippen molar-refractivity contribution >= 4 is 16.8 Å². The van der Waals surface area contributed by atoms with Gasteiger partial charge in [0.15, 0.2) is 0 Å². The largest absolute Gasteiger partial charge is 0.349 e. The van der Waals surface area contributed by atoms with Crippen LogP contribution in [0.1, 0.15) is 51.8 Å². The van der Waals surface area contributed by atoms with Gasteiger partial charge >= 0.3 is 0 Å². The van der Waals surface area contributed by atoms with Crippen LogP contribution < -0.4 is 5.32 Å². The molecular weight excluding hydrogens is 512 g/mol. The van der Waals surface area contributed by atoms with Gasteiger partial charge < -0.3 is 9.88 Å². The van der Waals surface area contributed by atoms with Crippen molar-refractivity contribution in [1.29, 1.82) is 0 Å². The van der Waals surface area contributed by atoms with Crippen molar-refractivity contribution in [3.05, 3.63) is 179 Å². The van der Waals surface area contributed by atoms with E-state index in [4.69, 9.17) is 0 Å². The summed E-state index contributed by atoms with van der Waals surface area (Å²) in [6, 6.07) is 48.3. The molecule has 1 N–H and O–H groups in total. The van der Waals surface area contributed by atoms with Crippen LogP contribution in [0.5, 0.6) is 0 Å². The summed E-state index contributed by atoms with van der Waals surface area (Å²) < 4.78 is 2.32. The standard InChI is InChI=1S/C39H36N2O/c1-29-14-13-21-33(24-29)35(36-28-41(27-31-17-7-3-8-18-31)38-23-12-11-22-34(36)38)26-39(42)40-37(32-19-9-4-10-20-32)25-30-15-5-2-6-16-30/h2-24,28,35,37H,25-27H2,1H3,(H,40,42). The summed E-state index contributed by atoms with van der Waals surface area (Å²) >= 11 is 0. The van der Waals surface area contributed by atoms with Crippen LogP contribution in [0.15, 0.2) is 146 Å². The summed E-state index contributed by atoms with van der Waals surface area (Å²) in [6.07, 6.45) is 3.36. The lowest BCUT2D eigenvalue weighted by molar-refractivity contribution is -0.122. The van der Waals surface area contributed by atoms with Crippen molar-refractivity contribution in [2.24, 2.45) is 0 Å². The SMILES string of the molecule is Cc1cccc(C(CC(=O)NC(Cc2ccccc2)c2ccccc2)c2cn(Cc3ccccc3)c3ccccc23)c1. The Bertz CT molecular complexity index is 1760. The number of nitrogens with one attached hydrogen (secondary N) is 1. The number of rotatable bonds is 10. The number of aryl methyl sites for hydroxylation is 1. The molecule has 3 heteroatoms. The number of nitrogens with zero attached hydrogens (tertiary/aromatic N) is 1. The fourth-order valence-corrected chi connectivity index (χ4v) is 5.98. The van der Waals surface area contributed by atoms with Gasteiger partial charge in [-0.3, -0.25) is 4.79 Å². The average Bonchev–Trinajstić information content (AvgIpc) is 3.39. The molecule has 42 heavy (non-hydrogen) atoms. The normalized spacial score (nSPS) is 12.6. The van der Waals surface area contributed by atoms with Gasteiger partial charge in [-0.05, 0) is 47.2 Å². The molecule has 1 heterocycles. The van der Waals surface area contributed by atoms with Crippen LogP contribution in [-0.2, 0) is 17.8 Å². The highest BCUT2D eigenvalue weighted by molar-refractivity contribution is 5.87. The van der Waals surface area contributed by atoms with Crippen LogP contribution in [0, 0.1) is 6.92 Å². The zero-order valence-electron chi connectivity index (χ0n) is 24.0. The Morgan fingerprint density at radius 2 is 1.31 bits per heavy atom. The summed E-state index contributed by atoms with van der Waals surface area (Å²) in [5, 5.41) is 4.61. The number of benzene rings is 5. The molecule has 0 saturated heterocycles. The highest BCUT2D eigenvalue weighted by atomic mass is 16.1. The Hall–Kier alpha value is -4.89. The zero-order chi connectivity index (χ0) is 28.7. The van der Waals surface area contributed by atoms with E-state index in [2.05, 4.69) is 138 Å². The van der Waals surface area contributed by atoms with Crippen LogP contribution in [-0.4, -0.2) is 10.5 Å². The van der Waals surface area contributed by atoms with Crippen molar-refractivity contribution in [3.63, 3.8) is 0 Å². The number of amides is 1. The first kappa shape index (κ1) is 27.3. The number of fused-ring (bicyclic) bond motifs is 1. The molecule has 0 bridgehead atoms. The van der Waals surface area contributed by atoms with E-state index in [1.54, 1.807) is 0 Å². The van der Waals surface area contributed by atoms with E-state index >= 15 is 0 Å². The summed E-state index contributed by atoms with van der Waals surface area (Å²) in [4.78, 5) is 14.0. The highest BCUT2D eigenvalue weighted by Gasteiger charge is 2.25. The van der Waals surface area contributed by atoms with Crippen molar-refractivity contribution in [2.45, 2.75) is 38.3 Å². The Morgan fingerprint density at radius 3 is 2.02 bits per heavy atom. The summed E-state index contributed by atoms with van der Waals surface area (Å²) in [7, 11) is 0. The molecule has 2 unspecified atom stereocenters. The molecular formula is C39H36N2O. The molecule has 0 saturated carbocycles. The average molecular weight is 549 g/mol. The number of hydrogen-bond donors (Lipinski definition) is 1. The number of hydrogen-bond acceptors (Lipinski definition) is 1. The lowest BCUT2D eigenvalue weighted by Gasteiger charge is -2.23. The molecule has 3 nitrogen and oxygen atoms in total. The first-order valence-corrected chi connectivity index (χ1v) is 14.7. The summed E-state index contributed by atoms with van der Waals surface area (Å²) in [5.74, 6) is -0.0360. The maximum absolute atomic E-state index is 14.0. The van der Waals surface area contributed by atoms with E-state index in [-0.39, 0.29) is 17.9 Å². The molecule has 5 aromatic carbocycles. The van der Waals surface area contributed by atoms with E-state index in [0.717, 1.165) is 24.1 Å². The second-order valence-corrected chi connectivity index (χ2v) is 11.1. The molecule has 0 aliphatic carbocycles. The predicted octanol–water partition coefficient (Wildman–Crippen LogP) is 8.62. The van der Waals surface area contributed by atoms with Crippen molar-refractivity contribution in [1.82, 2.24) is 9.88 Å². The molecule has 0 fully saturated rings. The minimum atomic E-state index is -0.112. The molecule has 6 aromatic rings. The van der Waals surface area contributed by atoms with Gasteiger partial charge in [-0.2, -0.15) is 0 Å². The van der Waals surface area contributed by atoms with Crippen molar-refractivity contribution in [3.8, 4) is 0 Å². The second-order valence-electron chi connectivity index (χ2n) is 11.1. The number of carbonyl (C=O) groups is 1. The van der Waals surface area contributed by atoms with Crippen LogP contribution in [0.4, 0.5) is 0 Å². The quantitative estimate of drug-likeness (QED) is 0.183. The van der Waals surface area contributed by atoms with Crippen LogP contribution in [0.25, 0.3) is 10.9 Å². The Labute approximate surface area is 248 Å². The predicted molar refractivity (Wildman–Crippen MR) is 173 cm³/mol. The van der Waals surface area contributed by atoms with Crippen molar-refractivity contribution < 1.29 is 4.79 Å². The van der Waals surface area contributed by atoms with Gasteiger partial charge in [-0.15, -0.1) is 0 Å². The van der Waals surface area contributed by atoms with Crippen LogP contribution in [0.3, 0.4) is 0 Å². The van der Waals surface area contributed by atoms with Crippen LogP contribution in [0.2, 0.25) is 0 Å². The van der Waals surface area contributed by atoms with Gasteiger partial charge in [0.1, 0.15) is 0 Å². The number of carbonyl (C=O) groups excluding carboxylic acids is 1. The van der Waals surface area contributed by atoms with E-state index in [9.17, 15) is 4.79 Å². The van der Waals surface area contributed by atoms with Gasteiger partial charge in [-0.25, -0.2) is 0 Å². The minimum Gasteiger partial charge on any atom is -0.349 e. The monoisotopic (exact) mass is 548 g/mol. The van der Waals surface area contributed by atoms with E-state index in [1.165, 1.54) is 33.2 Å². The zero-order valence-corrected chi connectivity index (χ0v) is 24.0. The fraction of sp³-hybridized carbons (Fsp3) is 0.154. The molecule has 1 aromatic heterocycles. The fourth-order valence-electron chi connectivity index (χ4n) is 5.98. The Balaban J connectivity index is 1.35. The summed E-state index contributed by atoms with van der Waals surface area (Å²) in [6.45, 7) is 2.89. The smallest absolute Gasteiger partial charge is 0.221 e. The molecule has 1 amide bonds. The maximum Gasteiger partial charge on any atom is 0.221 e. The molecule has 6 rings (SSSR count). The van der Waals surface area contributed by atoms with E-state index in [0.29, 0.717) is 6.42 Å². The number of para-hydroxylation sites is 1. The second kappa shape index (κ2) is 12.7. The third-order valence-electron chi connectivity index (χ3n) is 8.04. The van der Waals surface area contributed by atoms with E-state index in [1.807, 2.05) is 24.3 Å².